The van der Waals surface area contributed by atoms with Crippen LogP contribution in [-0.4, -0.2) is 33.2 Å². The van der Waals surface area contributed by atoms with Crippen LogP contribution in [0.4, 0.5) is 0 Å². The van der Waals surface area contributed by atoms with Gasteiger partial charge < -0.3 is 11.1 Å². The highest BCUT2D eigenvalue weighted by atomic mass is 32.2. The van der Waals surface area contributed by atoms with E-state index >= 15 is 0 Å². The first-order valence-corrected chi connectivity index (χ1v) is 7.46. The van der Waals surface area contributed by atoms with Crippen molar-refractivity contribution < 1.29 is 13.2 Å². The van der Waals surface area contributed by atoms with Crippen molar-refractivity contribution >= 4 is 15.9 Å². The molecule has 0 aromatic rings. The molecule has 102 valence electrons. The number of nitrogens with one attached hydrogen (secondary N) is 1. The van der Waals surface area contributed by atoms with E-state index in [2.05, 4.69) is 5.32 Å². The quantitative estimate of drug-likeness (QED) is 0.508. The minimum absolute atomic E-state index is 0.115. The van der Waals surface area contributed by atoms with Gasteiger partial charge in [-0.25, -0.2) is 13.6 Å². The molecule has 0 rings (SSSR count). The summed E-state index contributed by atoms with van der Waals surface area (Å²) in [6.45, 7) is 4.66. The zero-order valence-corrected chi connectivity index (χ0v) is 11.3. The van der Waals surface area contributed by atoms with Gasteiger partial charge in [0.15, 0.2) is 0 Å². The van der Waals surface area contributed by atoms with E-state index in [0.29, 0.717) is 25.4 Å². The van der Waals surface area contributed by atoms with Gasteiger partial charge >= 0.3 is 0 Å². The van der Waals surface area contributed by atoms with Crippen LogP contribution >= 0.6 is 0 Å². The van der Waals surface area contributed by atoms with Crippen molar-refractivity contribution in [2.75, 3.05) is 18.8 Å². The summed E-state index contributed by atoms with van der Waals surface area (Å²) < 4.78 is 21.3. The predicted octanol–water partition coefficient (Wildman–Crippen LogP) is -0.598. The Labute approximate surface area is 103 Å². The Morgan fingerprint density at radius 2 is 1.94 bits per heavy atom. The molecule has 0 aromatic heterocycles. The third kappa shape index (κ3) is 9.08. The fraction of sp³-hybridized carbons (Fsp3) is 0.900. The van der Waals surface area contributed by atoms with Crippen LogP contribution in [0.5, 0.6) is 0 Å². The minimum Gasteiger partial charge on any atom is -0.356 e. The number of nitrogens with two attached hydrogens (primary N) is 2. The molecule has 0 fully saturated rings. The van der Waals surface area contributed by atoms with Gasteiger partial charge in [-0.2, -0.15) is 0 Å². The number of sulfonamides is 1. The summed E-state index contributed by atoms with van der Waals surface area (Å²) in [6, 6.07) is 0. The number of amides is 1. The fourth-order valence-corrected chi connectivity index (χ4v) is 2.06. The van der Waals surface area contributed by atoms with Gasteiger partial charge in [0.05, 0.1) is 11.7 Å². The van der Waals surface area contributed by atoms with Gasteiger partial charge in [-0.05, 0) is 18.8 Å². The molecular weight excluding hydrogens is 242 g/mol. The number of rotatable bonds is 8. The lowest BCUT2D eigenvalue weighted by Gasteiger charge is -2.16. The molecule has 0 radical (unpaired) electrons. The Balaban J connectivity index is 3.91. The van der Waals surface area contributed by atoms with E-state index < -0.39 is 10.0 Å². The zero-order chi connectivity index (χ0) is 13.5. The standard InChI is InChI=1S/C10H23N3O3S/c1-8(2)6-9(7-11)10(14)13-4-3-5-17(12,15)16/h8-9H,3-7,11H2,1-2H3,(H,13,14)(H2,12,15,16). The van der Waals surface area contributed by atoms with Gasteiger partial charge in [-0.1, -0.05) is 13.8 Å². The molecule has 0 aliphatic heterocycles. The summed E-state index contributed by atoms with van der Waals surface area (Å²) in [7, 11) is -3.44. The topological polar surface area (TPSA) is 115 Å². The molecule has 0 saturated heterocycles. The smallest absolute Gasteiger partial charge is 0.224 e. The number of hydrogen-bond acceptors (Lipinski definition) is 4. The normalized spacial score (nSPS) is 13.7. The van der Waals surface area contributed by atoms with Gasteiger partial charge in [0.25, 0.3) is 0 Å². The molecule has 1 amide bonds. The second kappa shape index (κ2) is 7.62. The lowest BCUT2D eigenvalue weighted by Crippen LogP contribution is -2.37. The number of hydrogen-bond donors (Lipinski definition) is 3. The van der Waals surface area contributed by atoms with Crippen molar-refractivity contribution in [1.82, 2.24) is 5.32 Å². The van der Waals surface area contributed by atoms with Crippen molar-refractivity contribution in [3.8, 4) is 0 Å². The van der Waals surface area contributed by atoms with E-state index in [-0.39, 0.29) is 17.6 Å². The first kappa shape index (κ1) is 16.3. The van der Waals surface area contributed by atoms with Crippen LogP contribution in [0.25, 0.3) is 0 Å². The molecule has 5 N–H and O–H groups in total. The maximum Gasteiger partial charge on any atom is 0.224 e. The van der Waals surface area contributed by atoms with E-state index in [1.54, 1.807) is 0 Å². The molecule has 0 aromatic carbocycles. The van der Waals surface area contributed by atoms with Crippen molar-refractivity contribution in [1.29, 1.82) is 0 Å². The largest absolute Gasteiger partial charge is 0.356 e. The lowest BCUT2D eigenvalue weighted by atomic mass is 9.96. The van der Waals surface area contributed by atoms with Gasteiger partial charge in [0.2, 0.25) is 15.9 Å². The highest BCUT2D eigenvalue weighted by Crippen LogP contribution is 2.10. The average Bonchev–Trinajstić information content (AvgIpc) is 2.19. The van der Waals surface area contributed by atoms with Crippen LogP contribution in [-0.2, 0) is 14.8 Å². The monoisotopic (exact) mass is 265 g/mol. The Hall–Kier alpha value is -0.660. The molecular formula is C10H23N3O3S. The number of carbonyl (C=O) groups excluding carboxylic acids is 1. The second-order valence-electron chi connectivity index (χ2n) is 4.57. The summed E-state index contributed by atoms with van der Waals surface area (Å²) >= 11 is 0. The summed E-state index contributed by atoms with van der Waals surface area (Å²) in [5.41, 5.74) is 5.52. The minimum atomic E-state index is -3.44. The van der Waals surface area contributed by atoms with E-state index in [0.717, 1.165) is 6.42 Å². The maximum absolute atomic E-state index is 11.7. The van der Waals surface area contributed by atoms with Crippen LogP contribution in [0, 0.1) is 11.8 Å². The Kier molecular flexibility index (Phi) is 7.33. The first-order valence-electron chi connectivity index (χ1n) is 5.74. The van der Waals surface area contributed by atoms with Gasteiger partial charge in [-0.15, -0.1) is 0 Å². The summed E-state index contributed by atoms with van der Waals surface area (Å²) in [5, 5.41) is 7.52. The van der Waals surface area contributed by atoms with Gasteiger partial charge in [-0.3, -0.25) is 4.79 Å². The van der Waals surface area contributed by atoms with Crippen molar-refractivity contribution in [3.63, 3.8) is 0 Å². The predicted molar refractivity (Wildman–Crippen MR) is 67.6 cm³/mol. The Morgan fingerprint density at radius 3 is 2.35 bits per heavy atom. The molecule has 0 aliphatic rings. The molecule has 1 atom stereocenters. The van der Waals surface area contributed by atoms with Gasteiger partial charge in [0, 0.05) is 13.1 Å². The third-order valence-electron chi connectivity index (χ3n) is 2.32. The summed E-state index contributed by atoms with van der Waals surface area (Å²) in [6.07, 6.45) is 1.06. The Morgan fingerprint density at radius 1 is 1.35 bits per heavy atom. The fourth-order valence-electron chi connectivity index (χ4n) is 1.51. The number of primary sulfonamides is 1. The molecule has 0 heterocycles. The Bertz CT molecular complexity index is 328. The molecule has 6 nitrogen and oxygen atoms in total. The van der Waals surface area contributed by atoms with Crippen molar-refractivity contribution in [3.05, 3.63) is 0 Å². The van der Waals surface area contributed by atoms with Crippen LogP contribution in [0.1, 0.15) is 26.7 Å². The van der Waals surface area contributed by atoms with Crippen molar-refractivity contribution in [2.45, 2.75) is 26.7 Å². The first-order chi connectivity index (χ1) is 7.76. The molecule has 0 spiro atoms. The van der Waals surface area contributed by atoms with Crippen molar-refractivity contribution in [2.24, 2.45) is 22.7 Å². The lowest BCUT2D eigenvalue weighted by molar-refractivity contribution is -0.125. The van der Waals surface area contributed by atoms with Gasteiger partial charge in [0.1, 0.15) is 0 Å². The number of carbonyl (C=O) groups is 1. The third-order valence-corrected chi connectivity index (χ3v) is 3.17. The van der Waals surface area contributed by atoms with Crippen LogP contribution < -0.4 is 16.2 Å². The zero-order valence-electron chi connectivity index (χ0n) is 10.5. The molecule has 7 heteroatoms. The van der Waals surface area contributed by atoms with E-state index in [9.17, 15) is 13.2 Å². The summed E-state index contributed by atoms with van der Waals surface area (Å²) in [5.74, 6) is -0.0380. The molecule has 0 saturated carbocycles. The van der Waals surface area contributed by atoms with Crippen LogP contribution in [0.3, 0.4) is 0 Å². The average molecular weight is 265 g/mol. The molecule has 17 heavy (non-hydrogen) atoms. The SMILES string of the molecule is CC(C)CC(CN)C(=O)NCCCS(N)(=O)=O. The van der Waals surface area contributed by atoms with E-state index in [1.807, 2.05) is 13.8 Å². The highest BCUT2D eigenvalue weighted by Gasteiger charge is 2.17. The second-order valence-corrected chi connectivity index (χ2v) is 6.31. The highest BCUT2D eigenvalue weighted by molar-refractivity contribution is 7.89. The van der Waals surface area contributed by atoms with Crippen LogP contribution in [0.15, 0.2) is 0 Å². The van der Waals surface area contributed by atoms with E-state index in [4.69, 9.17) is 10.9 Å². The van der Waals surface area contributed by atoms with E-state index in [1.165, 1.54) is 0 Å². The summed E-state index contributed by atoms with van der Waals surface area (Å²) in [4.78, 5) is 11.7. The van der Waals surface area contributed by atoms with Crippen LogP contribution in [0.2, 0.25) is 0 Å². The molecule has 1 unspecified atom stereocenters. The molecule has 0 aliphatic carbocycles. The molecule has 0 bridgehead atoms. The maximum atomic E-state index is 11.7.